The van der Waals surface area contributed by atoms with Gasteiger partial charge in [0, 0.05) is 43.5 Å². The van der Waals surface area contributed by atoms with E-state index in [4.69, 9.17) is 0 Å². The Hall–Kier alpha value is -3.18. The molecule has 0 aliphatic carbocycles. The van der Waals surface area contributed by atoms with E-state index in [0.29, 0.717) is 17.4 Å². The molecule has 2 heterocycles. The predicted octanol–water partition coefficient (Wildman–Crippen LogP) is 2.24. The summed E-state index contributed by atoms with van der Waals surface area (Å²) in [6.45, 7) is 1.90. The quantitative estimate of drug-likeness (QED) is 0.509. The minimum Gasteiger partial charge on any atom is -0.505 e. The molecule has 2 aromatic carbocycles. The molecule has 0 atom stereocenters. The number of phenolic OH excluding ortho intramolecular Hbond substituents is 1. The van der Waals surface area contributed by atoms with Crippen molar-refractivity contribution in [3.05, 3.63) is 64.3 Å². The highest BCUT2D eigenvalue weighted by atomic mass is 32.2. The van der Waals surface area contributed by atoms with Gasteiger partial charge >= 0.3 is 0 Å². The topological polar surface area (TPSA) is 125 Å². The number of phenols is 1. The van der Waals surface area contributed by atoms with Crippen molar-refractivity contribution in [1.29, 1.82) is 0 Å². The van der Waals surface area contributed by atoms with Crippen LogP contribution in [0.1, 0.15) is 32.6 Å². The second-order valence-electron chi connectivity index (χ2n) is 9.04. The van der Waals surface area contributed by atoms with Crippen LogP contribution in [0.4, 0.5) is 5.69 Å². The number of aryl methyl sites for hydroxylation is 1. The first-order valence-corrected chi connectivity index (χ1v) is 14.8. The van der Waals surface area contributed by atoms with Crippen LogP contribution < -0.4 is 4.31 Å². The maximum Gasteiger partial charge on any atom is 0.258 e. The Labute approximate surface area is 205 Å². The average Bonchev–Trinajstić information content (AvgIpc) is 3.09. The summed E-state index contributed by atoms with van der Waals surface area (Å²) in [5.41, 5.74) is 3.63. The lowest BCUT2D eigenvalue weighted by Crippen LogP contribution is -2.29. The molecule has 186 valence electrons. The molecule has 0 saturated heterocycles. The van der Waals surface area contributed by atoms with Gasteiger partial charge in [-0.1, -0.05) is 29.8 Å². The molecule has 1 aliphatic heterocycles. The average molecular weight is 518 g/mol. The van der Waals surface area contributed by atoms with Crippen LogP contribution in [-0.4, -0.2) is 69.6 Å². The zero-order valence-electron chi connectivity index (χ0n) is 19.9. The van der Waals surface area contributed by atoms with Gasteiger partial charge in [-0.2, -0.15) is 0 Å². The molecule has 0 fully saturated rings. The van der Waals surface area contributed by atoms with Gasteiger partial charge in [0.05, 0.1) is 23.3 Å². The van der Waals surface area contributed by atoms with Crippen molar-refractivity contribution in [2.24, 2.45) is 0 Å². The summed E-state index contributed by atoms with van der Waals surface area (Å²) < 4.78 is 49.5. The van der Waals surface area contributed by atoms with Gasteiger partial charge in [-0.25, -0.2) is 16.8 Å². The third-order valence-corrected chi connectivity index (χ3v) is 8.27. The number of rotatable bonds is 7. The smallest absolute Gasteiger partial charge is 0.258 e. The molecule has 4 rings (SSSR count). The van der Waals surface area contributed by atoms with Crippen molar-refractivity contribution in [2.45, 2.75) is 19.9 Å². The molecular weight excluding hydrogens is 490 g/mol. The standard InChI is InChI=1S/C24H27N3O6S2/c1-15-5-7-16(8-6-15)11-17-12-18-21(25-13-17)23(28)20-19(22(18)26(2)35(4,32)33)14-27(24(20)29)9-10-34(3,30)31/h5-8,12-13,28H,9-11,14H2,1-4H3. The number of hydrogen-bond acceptors (Lipinski definition) is 7. The second kappa shape index (κ2) is 8.80. The van der Waals surface area contributed by atoms with Crippen LogP contribution >= 0.6 is 0 Å². The normalized spacial score (nSPS) is 13.9. The van der Waals surface area contributed by atoms with E-state index in [1.54, 1.807) is 12.3 Å². The minimum absolute atomic E-state index is 0.0232. The predicted molar refractivity (Wildman–Crippen MR) is 135 cm³/mol. The van der Waals surface area contributed by atoms with Crippen LogP contribution in [0.25, 0.3) is 10.9 Å². The van der Waals surface area contributed by atoms with E-state index in [-0.39, 0.29) is 41.4 Å². The summed E-state index contributed by atoms with van der Waals surface area (Å²) in [6.07, 6.45) is 4.27. The van der Waals surface area contributed by atoms with Gasteiger partial charge in [0.25, 0.3) is 5.91 Å². The Kier molecular flexibility index (Phi) is 6.26. The minimum atomic E-state index is -3.73. The van der Waals surface area contributed by atoms with Gasteiger partial charge < -0.3 is 10.0 Å². The molecule has 0 unspecified atom stereocenters. The Morgan fingerprint density at radius 2 is 1.74 bits per heavy atom. The lowest BCUT2D eigenvalue weighted by molar-refractivity contribution is 0.0786. The lowest BCUT2D eigenvalue weighted by Gasteiger charge is -2.23. The van der Waals surface area contributed by atoms with E-state index >= 15 is 0 Å². The SMILES string of the molecule is Cc1ccc(Cc2cnc3c(O)c4c(c(N(C)S(C)(=O)=O)c3c2)CN(CCS(C)(=O)=O)C4=O)cc1. The van der Waals surface area contributed by atoms with Gasteiger partial charge in [0.1, 0.15) is 15.4 Å². The molecule has 1 N–H and O–H groups in total. The summed E-state index contributed by atoms with van der Waals surface area (Å²) in [6, 6.07) is 9.79. The molecule has 3 aromatic rings. The van der Waals surface area contributed by atoms with E-state index in [1.165, 1.54) is 11.9 Å². The summed E-state index contributed by atoms with van der Waals surface area (Å²) in [7, 11) is -5.68. The molecule has 0 spiro atoms. The first-order chi connectivity index (χ1) is 16.3. The number of sulfonamides is 1. The number of aromatic hydroxyl groups is 1. The number of benzene rings is 2. The number of pyridine rings is 1. The molecule has 0 bridgehead atoms. The van der Waals surface area contributed by atoms with Crippen LogP contribution in [0.2, 0.25) is 0 Å². The van der Waals surface area contributed by atoms with Gasteiger partial charge in [0.2, 0.25) is 10.0 Å². The number of carbonyl (C=O) groups excluding carboxylic acids is 1. The zero-order chi connectivity index (χ0) is 25.7. The maximum absolute atomic E-state index is 13.1. The number of hydrogen-bond donors (Lipinski definition) is 1. The van der Waals surface area contributed by atoms with Crippen molar-refractivity contribution >= 4 is 42.4 Å². The van der Waals surface area contributed by atoms with E-state index in [0.717, 1.165) is 33.5 Å². The first-order valence-electron chi connectivity index (χ1n) is 10.9. The monoisotopic (exact) mass is 517 g/mol. The lowest BCUT2D eigenvalue weighted by atomic mass is 9.98. The Morgan fingerprint density at radius 3 is 2.34 bits per heavy atom. The molecule has 1 aromatic heterocycles. The number of carbonyl (C=O) groups is 1. The zero-order valence-corrected chi connectivity index (χ0v) is 21.6. The summed E-state index contributed by atoms with van der Waals surface area (Å²) in [5.74, 6) is -1.14. The van der Waals surface area contributed by atoms with Crippen LogP contribution in [0.5, 0.6) is 5.75 Å². The highest BCUT2D eigenvalue weighted by molar-refractivity contribution is 7.92. The van der Waals surface area contributed by atoms with Crippen molar-refractivity contribution in [3.63, 3.8) is 0 Å². The van der Waals surface area contributed by atoms with E-state index < -0.39 is 25.8 Å². The second-order valence-corrected chi connectivity index (χ2v) is 13.3. The highest BCUT2D eigenvalue weighted by Gasteiger charge is 2.37. The van der Waals surface area contributed by atoms with E-state index in [2.05, 4.69) is 4.98 Å². The summed E-state index contributed by atoms with van der Waals surface area (Å²) in [4.78, 5) is 18.8. The van der Waals surface area contributed by atoms with Crippen LogP contribution in [0, 0.1) is 6.92 Å². The molecule has 9 nitrogen and oxygen atoms in total. The molecule has 0 saturated carbocycles. The van der Waals surface area contributed by atoms with Crippen LogP contribution in [0.15, 0.2) is 36.5 Å². The molecule has 35 heavy (non-hydrogen) atoms. The van der Waals surface area contributed by atoms with E-state index in [9.17, 15) is 26.7 Å². The highest BCUT2D eigenvalue weighted by Crippen LogP contribution is 2.44. The van der Waals surface area contributed by atoms with Crippen molar-refractivity contribution in [1.82, 2.24) is 9.88 Å². The van der Waals surface area contributed by atoms with Gasteiger partial charge in [-0.3, -0.25) is 14.1 Å². The number of aromatic nitrogens is 1. The molecule has 1 amide bonds. The first kappa shape index (κ1) is 24.9. The fourth-order valence-electron chi connectivity index (χ4n) is 4.25. The van der Waals surface area contributed by atoms with Crippen LogP contribution in [0.3, 0.4) is 0 Å². The summed E-state index contributed by atoms with van der Waals surface area (Å²) >= 11 is 0. The number of nitrogens with zero attached hydrogens (tertiary/aromatic N) is 3. The van der Waals surface area contributed by atoms with Crippen LogP contribution in [-0.2, 0) is 32.8 Å². The van der Waals surface area contributed by atoms with Crippen molar-refractivity contribution in [2.75, 3.05) is 36.2 Å². The Morgan fingerprint density at radius 1 is 1.09 bits per heavy atom. The Bertz CT molecular complexity index is 1550. The molecular formula is C24H27N3O6S2. The number of amides is 1. The van der Waals surface area contributed by atoms with Crippen molar-refractivity contribution in [3.8, 4) is 5.75 Å². The van der Waals surface area contributed by atoms with Crippen molar-refractivity contribution < 1.29 is 26.7 Å². The molecule has 11 heteroatoms. The third kappa shape index (κ3) is 4.96. The Balaban J connectivity index is 1.89. The van der Waals surface area contributed by atoms with Gasteiger partial charge in [-0.15, -0.1) is 0 Å². The van der Waals surface area contributed by atoms with Gasteiger partial charge in [0.15, 0.2) is 5.75 Å². The number of fused-ring (bicyclic) bond motifs is 2. The largest absolute Gasteiger partial charge is 0.505 e. The fraction of sp³-hybridized carbons (Fsp3) is 0.333. The van der Waals surface area contributed by atoms with Gasteiger partial charge in [-0.05, 0) is 30.5 Å². The number of sulfone groups is 1. The maximum atomic E-state index is 13.1. The number of anilines is 1. The fourth-order valence-corrected chi connectivity index (χ4v) is 5.34. The summed E-state index contributed by atoms with van der Waals surface area (Å²) in [5, 5.41) is 11.4. The third-order valence-electron chi connectivity index (χ3n) is 6.17. The molecule has 1 aliphatic rings. The molecule has 0 radical (unpaired) electrons. The van der Waals surface area contributed by atoms with E-state index in [1.807, 2.05) is 31.2 Å².